The van der Waals surface area contributed by atoms with Crippen molar-refractivity contribution in [2.24, 2.45) is 0 Å². The molecule has 0 unspecified atom stereocenters. The number of thioether (sulfide) groups is 2. The van der Waals surface area contributed by atoms with Crippen LogP contribution in [0.1, 0.15) is 19.3 Å². The SMILES string of the molecule is [CH]1SCCCCCS1. The van der Waals surface area contributed by atoms with Crippen LogP contribution in [0.3, 0.4) is 0 Å². The van der Waals surface area contributed by atoms with Crippen molar-refractivity contribution in [2.75, 3.05) is 11.5 Å². The molecule has 1 rings (SSSR count). The van der Waals surface area contributed by atoms with Crippen LogP contribution in [0.25, 0.3) is 0 Å². The van der Waals surface area contributed by atoms with E-state index in [2.05, 4.69) is 5.08 Å². The van der Waals surface area contributed by atoms with Gasteiger partial charge < -0.3 is 0 Å². The molecule has 1 heterocycles. The van der Waals surface area contributed by atoms with Gasteiger partial charge in [-0.15, -0.1) is 23.5 Å². The molecule has 0 N–H and O–H groups in total. The first-order chi connectivity index (χ1) is 4.00. The van der Waals surface area contributed by atoms with E-state index in [1.807, 2.05) is 23.5 Å². The molecule has 1 aliphatic rings. The lowest BCUT2D eigenvalue weighted by atomic mass is 10.3. The fourth-order valence-electron chi connectivity index (χ4n) is 0.692. The van der Waals surface area contributed by atoms with Gasteiger partial charge in [-0.1, -0.05) is 6.42 Å². The molecule has 0 bridgehead atoms. The van der Waals surface area contributed by atoms with Crippen molar-refractivity contribution in [1.82, 2.24) is 0 Å². The summed E-state index contributed by atoms with van der Waals surface area (Å²) in [5.74, 6) is 2.68. The zero-order valence-electron chi connectivity index (χ0n) is 4.93. The Morgan fingerprint density at radius 2 is 1.50 bits per heavy atom. The van der Waals surface area contributed by atoms with Crippen molar-refractivity contribution in [3.63, 3.8) is 0 Å². The summed E-state index contributed by atoms with van der Waals surface area (Å²) in [6.45, 7) is 0. The van der Waals surface area contributed by atoms with Gasteiger partial charge in [0.15, 0.2) is 0 Å². The molecule has 0 aromatic carbocycles. The van der Waals surface area contributed by atoms with E-state index in [9.17, 15) is 0 Å². The van der Waals surface area contributed by atoms with Crippen LogP contribution in [0.2, 0.25) is 0 Å². The maximum Gasteiger partial charge on any atom is 0.0712 e. The minimum absolute atomic E-state index is 1.34. The molecule has 0 spiro atoms. The lowest BCUT2D eigenvalue weighted by Crippen LogP contribution is -1.86. The van der Waals surface area contributed by atoms with Gasteiger partial charge in [0, 0.05) is 0 Å². The molecule has 0 nitrogen and oxygen atoms in total. The van der Waals surface area contributed by atoms with Crippen LogP contribution in [0.15, 0.2) is 0 Å². The Morgan fingerprint density at radius 3 is 2.12 bits per heavy atom. The summed E-state index contributed by atoms with van der Waals surface area (Å²) in [6.07, 6.45) is 4.28. The minimum atomic E-state index is 1.34. The van der Waals surface area contributed by atoms with E-state index < -0.39 is 0 Å². The molecule has 0 atom stereocenters. The average molecular weight is 147 g/mol. The summed E-state index contributed by atoms with van der Waals surface area (Å²) < 4.78 is 0. The van der Waals surface area contributed by atoms with Crippen molar-refractivity contribution in [2.45, 2.75) is 19.3 Å². The third-order valence-electron chi connectivity index (χ3n) is 1.16. The fourth-order valence-corrected chi connectivity index (χ4v) is 2.59. The predicted molar refractivity (Wildman–Crippen MR) is 43.1 cm³/mol. The lowest BCUT2D eigenvalue weighted by Gasteiger charge is -2.05. The number of rotatable bonds is 0. The van der Waals surface area contributed by atoms with Gasteiger partial charge in [0.2, 0.25) is 0 Å². The van der Waals surface area contributed by atoms with Crippen LogP contribution in [0, 0.1) is 5.08 Å². The summed E-state index contributed by atoms with van der Waals surface area (Å²) in [4.78, 5) is 0. The van der Waals surface area contributed by atoms with Crippen LogP contribution in [0.4, 0.5) is 0 Å². The second-order valence-electron chi connectivity index (χ2n) is 1.90. The molecule has 1 fully saturated rings. The van der Waals surface area contributed by atoms with Crippen LogP contribution in [-0.2, 0) is 0 Å². The van der Waals surface area contributed by atoms with Crippen LogP contribution >= 0.6 is 23.5 Å². The minimum Gasteiger partial charge on any atom is -0.146 e. The molecule has 47 valence electrons. The monoisotopic (exact) mass is 147 g/mol. The van der Waals surface area contributed by atoms with Crippen molar-refractivity contribution < 1.29 is 0 Å². The van der Waals surface area contributed by atoms with Crippen LogP contribution in [0.5, 0.6) is 0 Å². The first kappa shape index (κ1) is 6.81. The van der Waals surface area contributed by atoms with Gasteiger partial charge in [0.05, 0.1) is 5.08 Å². The topological polar surface area (TPSA) is 0 Å². The van der Waals surface area contributed by atoms with E-state index in [4.69, 9.17) is 0 Å². The number of hydrogen-bond donors (Lipinski definition) is 0. The summed E-state index contributed by atoms with van der Waals surface area (Å²) in [5, 5.41) is 2.28. The highest BCUT2D eigenvalue weighted by atomic mass is 32.2. The van der Waals surface area contributed by atoms with E-state index >= 15 is 0 Å². The van der Waals surface area contributed by atoms with Gasteiger partial charge in [-0.05, 0) is 24.3 Å². The van der Waals surface area contributed by atoms with E-state index in [1.165, 1.54) is 30.8 Å². The normalized spacial score (nSPS) is 24.0. The quantitative estimate of drug-likeness (QED) is 0.517. The van der Waals surface area contributed by atoms with E-state index in [-0.39, 0.29) is 0 Å². The van der Waals surface area contributed by atoms with E-state index in [1.54, 1.807) is 0 Å². The Kier molecular flexibility index (Phi) is 3.89. The van der Waals surface area contributed by atoms with E-state index in [0.717, 1.165) is 0 Å². The highest BCUT2D eigenvalue weighted by Gasteiger charge is 1.96. The van der Waals surface area contributed by atoms with Crippen LogP contribution < -0.4 is 0 Å². The Hall–Kier alpha value is 0.700. The van der Waals surface area contributed by atoms with Crippen molar-refractivity contribution in [1.29, 1.82) is 0 Å². The standard InChI is InChI=1S/C6H11S2/c1-2-4-7-6-8-5-3-1/h6H,1-5H2. The van der Waals surface area contributed by atoms with Gasteiger partial charge in [-0.3, -0.25) is 0 Å². The Balaban J connectivity index is 2.00. The summed E-state index contributed by atoms with van der Waals surface area (Å²) in [5.41, 5.74) is 0. The molecule has 2 heteroatoms. The summed E-state index contributed by atoms with van der Waals surface area (Å²) in [7, 11) is 0. The zero-order chi connectivity index (χ0) is 5.66. The molecule has 8 heavy (non-hydrogen) atoms. The molecular weight excluding hydrogens is 136 g/mol. The first-order valence-electron chi connectivity index (χ1n) is 3.05. The average Bonchev–Trinajstić information content (AvgIpc) is 1.62. The maximum absolute atomic E-state index is 2.28. The van der Waals surface area contributed by atoms with Gasteiger partial charge >= 0.3 is 0 Å². The highest BCUT2D eigenvalue weighted by molar-refractivity contribution is 8.19. The third kappa shape index (κ3) is 2.88. The highest BCUT2D eigenvalue weighted by Crippen LogP contribution is 2.23. The third-order valence-corrected chi connectivity index (χ3v) is 3.30. The molecular formula is C6H11S2. The molecule has 0 amide bonds. The Bertz CT molecular complexity index is 30.5. The Labute approximate surface area is 59.8 Å². The molecule has 1 saturated heterocycles. The van der Waals surface area contributed by atoms with Crippen molar-refractivity contribution >= 4 is 23.5 Å². The molecule has 1 radical (unpaired) electrons. The maximum atomic E-state index is 2.28. The Morgan fingerprint density at radius 1 is 0.875 bits per heavy atom. The zero-order valence-corrected chi connectivity index (χ0v) is 6.56. The first-order valence-corrected chi connectivity index (χ1v) is 5.15. The largest absolute Gasteiger partial charge is 0.146 e. The smallest absolute Gasteiger partial charge is 0.0712 e. The lowest BCUT2D eigenvalue weighted by molar-refractivity contribution is 0.785. The van der Waals surface area contributed by atoms with Gasteiger partial charge in [-0.2, -0.15) is 0 Å². The second-order valence-corrected chi connectivity index (χ2v) is 4.15. The van der Waals surface area contributed by atoms with Crippen LogP contribution in [-0.4, -0.2) is 11.5 Å². The predicted octanol–water partition coefficient (Wildman–Crippen LogP) is 2.76. The van der Waals surface area contributed by atoms with Gasteiger partial charge in [0.25, 0.3) is 0 Å². The number of hydrogen-bond acceptors (Lipinski definition) is 2. The molecule has 1 aliphatic heterocycles. The molecule has 0 saturated carbocycles. The summed E-state index contributed by atoms with van der Waals surface area (Å²) in [6, 6.07) is 0. The van der Waals surface area contributed by atoms with E-state index in [0.29, 0.717) is 0 Å². The summed E-state index contributed by atoms with van der Waals surface area (Å²) >= 11 is 3.93. The molecule has 0 aromatic heterocycles. The fraction of sp³-hybridized carbons (Fsp3) is 0.833. The molecule has 0 aliphatic carbocycles. The second kappa shape index (κ2) is 4.57. The van der Waals surface area contributed by atoms with Gasteiger partial charge in [0.1, 0.15) is 0 Å². The van der Waals surface area contributed by atoms with Crippen molar-refractivity contribution in [3.05, 3.63) is 5.08 Å². The molecule has 0 aromatic rings. The van der Waals surface area contributed by atoms with Crippen molar-refractivity contribution in [3.8, 4) is 0 Å². The van der Waals surface area contributed by atoms with Gasteiger partial charge in [-0.25, -0.2) is 0 Å².